The van der Waals surface area contributed by atoms with Crippen molar-refractivity contribution in [2.45, 2.75) is 39.0 Å². The molecule has 0 radical (unpaired) electrons. The van der Waals surface area contributed by atoms with Crippen LogP contribution in [-0.4, -0.2) is 31.7 Å². The maximum absolute atomic E-state index is 12.0. The highest BCUT2D eigenvalue weighted by Gasteiger charge is 2.20. The molecule has 0 aliphatic rings. The fourth-order valence-corrected chi connectivity index (χ4v) is 2.68. The summed E-state index contributed by atoms with van der Waals surface area (Å²) in [4.78, 5) is 4.23. The van der Waals surface area contributed by atoms with E-state index in [0.29, 0.717) is 6.54 Å². The first-order valence-corrected chi connectivity index (χ1v) is 8.17. The summed E-state index contributed by atoms with van der Waals surface area (Å²) in [5.41, 5.74) is 1.87. The molecule has 0 spiro atoms. The van der Waals surface area contributed by atoms with Crippen LogP contribution in [0.25, 0.3) is 0 Å². The molecule has 108 valence electrons. The summed E-state index contributed by atoms with van der Waals surface area (Å²) in [6.07, 6.45) is 2.53. The maximum Gasteiger partial charge on any atom is 0.215 e. The van der Waals surface area contributed by atoms with Gasteiger partial charge in [-0.15, -0.1) is 0 Å². The number of hydrogen-bond donors (Lipinski definition) is 2. The van der Waals surface area contributed by atoms with Gasteiger partial charge in [0.25, 0.3) is 0 Å². The lowest BCUT2D eigenvalue weighted by Crippen LogP contribution is -2.38. The Balaban J connectivity index is 2.64. The van der Waals surface area contributed by atoms with E-state index in [9.17, 15) is 8.42 Å². The van der Waals surface area contributed by atoms with Crippen LogP contribution in [-0.2, 0) is 23.0 Å². The van der Waals surface area contributed by atoms with Crippen molar-refractivity contribution in [3.05, 3.63) is 29.6 Å². The van der Waals surface area contributed by atoms with E-state index in [1.807, 2.05) is 26.0 Å². The van der Waals surface area contributed by atoms with Gasteiger partial charge in [-0.1, -0.05) is 19.9 Å². The third-order valence-corrected chi connectivity index (χ3v) is 4.79. The number of aromatic nitrogens is 1. The number of nitrogens with one attached hydrogen (secondary N) is 2. The Morgan fingerprint density at radius 1 is 1.37 bits per heavy atom. The van der Waals surface area contributed by atoms with E-state index < -0.39 is 15.3 Å². The molecule has 6 heteroatoms. The van der Waals surface area contributed by atoms with Gasteiger partial charge in [-0.25, -0.2) is 13.1 Å². The Bertz CT molecular complexity index is 488. The van der Waals surface area contributed by atoms with E-state index in [1.165, 1.54) is 0 Å². The van der Waals surface area contributed by atoms with E-state index in [-0.39, 0.29) is 6.54 Å². The van der Waals surface area contributed by atoms with E-state index in [0.717, 1.165) is 24.2 Å². The van der Waals surface area contributed by atoms with Gasteiger partial charge in [0.05, 0.1) is 17.5 Å². The van der Waals surface area contributed by atoms with Crippen LogP contribution in [0.2, 0.25) is 0 Å². The smallest absolute Gasteiger partial charge is 0.215 e. The Hall–Kier alpha value is -0.980. The summed E-state index contributed by atoms with van der Waals surface area (Å²) in [6.45, 7) is 7.15. The van der Waals surface area contributed by atoms with Crippen LogP contribution < -0.4 is 10.0 Å². The second-order valence-corrected chi connectivity index (χ2v) is 6.63. The predicted molar refractivity (Wildman–Crippen MR) is 77.4 cm³/mol. The van der Waals surface area contributed by atoms with Gasteiger partial charge in [0, 0.05) is 12.7 Å². The summed E-state index contributed by atoms with van der Waals surface area (Å²) >= 11 is 0. The fraction of sp³-hybridized carbons (Fsp3) is 0.615. The molecule has 0 fully saturated rings. The molecule has 0 bridgehead atoms. The average molecular weight is 285 g/mol. The highest BCUT2D eigenvalue weighted by atomic mass is 32.2. The predicted octanol–water partition coefficient (Wildman–Crippen LogP) is 1.06. The van der Waals surface area contributed by atoms with E-state index in [1.54, 1.807) is 13.1 Å². The number of nitrogens with zero attached hydrogens (tertiary/aromatic N) is 1. The van der Waals surface area contributed by atoms with Crippen molar-refractivity contribution < 1.29 is 8.42 Å². The topological polar surface area (TPSA) is 71.1 Å². The first-order chi connectivity index (χ1) is 9.01. The molecule has 1 atom stereocenters. The van der Waals surface area contributed by atoms with Gasteiger partial charge in [0.2, 0.25) is 10.0 Å². The zero-order valence-corrected chi connectivity index (χ0v) is 12.6. The summed E-state index contributed by atoms with van der Waals surface area (Å²) in [5.74, 6) is 0. The number of pyridine rings is 1. The molecule has 5 nitrogen and oxygen atoms in total. The molecule has 0 aromatic carbocycles. The molecule has 1 aromatic heterocycles. The molecule has 2 N–H and O–H groups in total. The van der Waals surface area contributed by atoms with Gasteiger partial charge in [-0.3, -0.25) is 4.98 Å². The number of aryl methyl sites for hydroxylation is 1. The summed E-state index contributed by atoms with van der Waals surface area (Å²) < 4.78 is 26.7. The van der Waals surface area contributed by atoms with E-state index >= 15 is 0 Å². The quantitative estimate of drug-likeness (QED) is 0.749. The van der Waals surface area contributed by atoms with Gasteiger partial charge in [0.1, 0.15) is 0 Å². The molecule has 1 unspecified atom stereocenters. The standard InChI is InChI=1S/C13H23N3O2S/c1-4-12-7-6-8-15-13(12)10-16-19(17,18)11(3)9-14-5-2/h6-8,11,14,16H,4-5,9-10H2,1-3H3. The van der Waals surface area contributed by atoms with Crippen molar-refractivity contribution in [2.75, 3.05) is 13.1 Å². The lowest BCUT2D eigenvalue weighted by atomic mass is 10.1. The maximum atomic E-state index is 12.0. The minimum Gasteiger partial charge on any atom is -0.316 e. The molecular formula is C13H23N3O2S. The Kier molecular flexibility index (Phi) is 6.41. The highest BCUT2D eigenvalue weighted by Crippen LogP contribution is 2.07. The van der Waals surface area contributed by atoms with Crippen molar-refractivity contribution >= 4 is 10.0 Å². The number of hydrogen-bond acceptors (Lipinski definition) is 4. The van der Waals surface area contributed by atoms with Gasteiger partial charge in [-0.05, 0) is 31.5 Å². The lowest BCUT2D eigenvalue weighted by molar-refractivity contribution is 0.558. The van der Waals surface area contributed by atoms with Gasteiger partial charge < -0.3 is 5.32 Å². The van der Waals surface area contributed by atoms with Crippen molar-refractivity contribution in [3.8, 4) is 0 Å². The Morgan fingerprint density at radius 2 is 2.11 bits per heavy atom. The SMILES string of the molecule is CCNCC(C)S(=O)(=O)NCc1ncccc1CC. The normalized spacial score (nSPS) is 13.4. The monoisotopic (exact) mass is 285 g/mol. The second-order valence-electron chi connectivity index (χ2n) is 4.45. The van der Waals surface area contributed by atoms with Gasteiger partial charge >= 0.3 is 0 Å². The van der Waals surface area contributed by atoms with Crippen LogP contribution in [0.4, 0.5) is 0 Å². The summed E-state index contributed by atoms with van der Waals surface area (Å²) in [7, 11) is -3.31. The minimum absolute atomic E-state index is 0.253. The van der Waals surface area contributed by atoms with Crippen molar-refractivity contribution in [1.29, 1.82) is 0 Å². The minimum atomic E-state index is -3.31. The third kappa shape index (κ3) is 4.89. The summed E-state index contributed by atoms with van der Waals surface area (Å²) in [6, 6.07) is 3.84. The van der Waals surface area contributed by atoms with Crippen molar-refractivity contribution in [2.24, 2.45) is 0 Å². The molecule has 1 aromatic rings. The highest BCUT2D eigenvalue weighted by molar-refractivity contribution is 7.90. The van der Waals surface area contributed by atoms with E-state index in [4.69, 9.17) is 0 Å². The van der Waals surface area contributed by atoms with Crippen molar-refractivity contribution in [1.82, 2.24) is 15.0 Å². The second kappa shape index (κ2) is 7.57. The molecule has 19 heavy (non-hydrogen) atoms. The molecule has 1 heterocycles. The van der Waals surface area contributed by atoms with Crippen LogP contribution >= 0.6 is 0 Å². The van der Waals surface area contributed by atoms with Crippen LogP contribution in [0.15, 0.2) is 18.3 Å². The largest absolute Gasteiger partial charge is 0.316 e. The zero-order chi connectivity index (χ0) is 14.3. The summed E-state index contributed by atoms with van der Waals surface area (Å²) in [5, 5.41) is 2.58. The Morgan fingerprint density at radius 3 is 2.74 bits per heavy atom. The first-order valence-electron chi connectivity index (χ1n) is 6.63. The molecule has 0 aliphatic carbocycles. The van der Waals surface area contributed by atoms with Crippen LogP contribution in [0.5, 0.6) is 0 Å². The molecule has 0 aliphatic heterocycles. The molecule has 1 rings (SSSR count). The third-order valence-electron chi connectivity index (χ3n) is 3.02. The van der Waals surface area contributed by atoms with Gasteiger partial charge in [0.15, 0.2) is 0 Å². The average Bonchev–Trinajstić information content (AvgIpc) is 2.42. The fourth-order valence-electron chi connectivity index (χ4n) is 1.72. The van der Waals surface area contributed by atoms with Crippen LogP contribution in [0.3, 0.4) is 0 Å². The molecular weight excluding hydrogens is 262 g/mol. The zero-order valence-electron chi connectivity index (χ0n) is 11.8. The number of sulfonamides is 1. The first kappa shape index (κ1) is 16.1. The van der Waals surface area contributed by atoms with Gasteiger partial charge in [-0.2, -0.15) is 0 Å². The van der Waals surface area contributed by atoms with Crippen LogP contribution in [0.1, 0.15) is 32.0 Å². The molecule has 0 amide bonds. The molecule has 0 saturated carbocycles. The van der Waals surface area contributed by atoms with Crippen molar-refractivity contribution in [3.63, 3.8) is 0 Å². The lowest BCUT2D eigenvalue weighted by Gasteiger charge is -2.14. The van der Waals surface area contributed by atoms with E-state index in [2.05, 4.69) is 15.0 Å². The Labute approximate surface area is 115 Å². The van der Waals surface area contributed by atoms with Crippen LogP contribution in [0, 0.1) is 0 Å². The number of rotatable bonds is 8. The molecule has 0 saturated heterocycles.